The maximum absolute atomic E-state index is 13.1. The predicted octanol–water partition coefficient (Wildman–Crippen LogP) is 5.18. The first kappa shape index (κ1) is 30.4. The Morgan fingerprint density at radius 2 is 1.95 bits per heavy atom. The van der Waals surface area contributed by atoms with Crippen molar-refractivity contribution in [3.05, 3.63) is 70.3 Å². The molecule has 0 spiro atoms. The van der Waals surface area contributed by atoms with Gasteiger partial charge in [-0.2, -0.15) is 0 Å². The third-order valence-electron chi connectivity index (χ3n) is 9.22. The summed E-state index contributed by atoms with van der Waals surface area (Å²) in [7, 11) is 3.38. The standard InChI is InChI=1S/C33H41ClN2O6/c1-35-15-5-4-8-29(41-2)27-13-10-23(27)20-36-16-6-3-7-22-17-26(34)12-9-24(22)21-42-30-14-11-25(18-28(30)36)33(40,32(38)39)19-31(35)37/h4,8-9,11-12,14,17-18,23,27,29,40H,3,5-7,10,13,15-16,19-21H2,1-2H3,(H,38,39)/b8-4+/t23-,27+,29-,33+/m0/s1. The summed E-state index contributed by atoms with van der Waals surface area (Å²) >= 11 is 6.32. The van der Waals surface area contributed by atoms with Crippen LogP contribution >= 0.6 is 11.6 Å². The Balaban J connectivity index is 1.58. The molecule has 2 aromatic rings. The van der Waals surface area contributed by atoms with Gasteiger partial charge in [0.05, 0.1) is 18.2 Å². The van der Waals surface area contributed by atoms with E-state index >= 15 is 0 Å². The van der Waals surface area contributed by atoms with E-state index in [0.29, 0.717) is 42.2 Å². The highest BCUT2D eigenvalue weighted by Crippen LogP contribution is 2.42. The van der Waals surface area contributed by atoms with Crippen LogP contribution in [0.1, 0.15) is 55.2 Å². The van der Waals surface area contributed by atoms with Gasteiger partial charge in [-0.3, -0.25) is 4.79 Å². The Hall–Kier alpha value is -3.07. The normalized spacial score (nSPS) is 27.9. The summed E-state index contributed by atoms with van der Waals surface area (Å²) in [6.07, 6.45) is 9.05. The van der Waals surface area contributed by atoms with Crippen LogP contribution in [-0.2, 0) is 33.0 Å². The van der Waals surface area contributed by atoms with E-state index in [1.165, 1.54) is 4.90 Å². The van der Waals surface area contributed by atoms with Crippen LogP contribution in [0.3, 0.4) is 0 Å². The molecule has 2 aliphatic heterocycles. The average molecular weight is 597 g/mol. The molecule has 1 fully saturated rings. The second-order valence-electron chi connectivity index (χ2n) is 11.9. The van der Waals surface area contributed by atoms with E-state index in [-0.39, 0.29) is 11.7 Å². The average Bonchev–Trinajstić information content (AvgIpc) is 2.99. The van der Waals surface area contributed by atoms with Crippen molar-refractivity contribution >= 4 is 29.2 Å². The van der Waals surface area contributed by atoms with Gasteiger partial charge in [-0.25, -0.2) is 4.79 Å². The van der Waals surface area contributed by atoms with Crippen molar-refractivity contribution in [3.8, 4) is 5.75 Å². The fourth-order valence-electron chi connectivity index (χ4n) is 6.41. The molecule has 0 saturated heterocycles. The second-order valence-corrected chi connectivity index (χ2v) is 12.3. The van der Waals surface area contributed by atoms with Gasteiger partial charge in [-0.05, 0) is 91.3 Å². The first-order valence-electron chi connectivity index (χ1n) is 14.9. The quantitative estimate of drug-likeness (QED) is 0.461. The Morgan fingerprint density at radius 1 is 1.12 bits per heavy atom. The van der Waals surface area contributed by atoms with Crippen molar-refractivity contribution in [2.24, 2.45) is 11.8 Å². The van der Waals surface area contributed by atoms with Crippen molar-refractivity contribution < 1.29 is 29.3 Å². The summed E-state index contributed by atoms with van der Waals surface area (Å²) < 4.78 is 12.3. The van der Waals surface area contributed by atoms with Gasteiger partial charge >= 0.3 is 5.97 Å². The zero-order chi connectivity index (χ0) is 29.9. The largest absolute Gasteiger partial charge is 0.487 e. The number of fused-ring (bicyclic) bond motifs is 3. The molecule has 5 rings (SSSR count). The molecule has 2 bridgehead atoms. The summed E-state index contributed by atoms with van der Waals surface area (Å²) in [4.78, 5) is 29.4. The molecule has 1 saturated carbocycles. The number of benzene rings is 2. The number of hydrogen-bond acceptors (Lipinski definition) is 6. The van der Waals surface area contributed by atoms with Crippen LogP contribution < -0.4 is 9.64 Å². The highest BCUT2D eigenvalue weighted by atomic mass is 35.5. The number of aryl methyl sites for hydroxylation is 1. The molecule has 3 aliphatic rings. The molecule has 0 unspecified atom stereocenters. The molecule has 9 heteroatoms. The monoisotopic (exact) mass is 596 g/mol. The van der Waals surface area contributed by atoms with Gasteiger partial charge in [0, 0.05) is 38.8 Å². The van der Waals surface area contributed by atoms with Crippen LogP contribution in [0.4, 0.5) is 5.69 Å². The molecule has 1 aliphatic carbocycles. The fraction of sp³-hybridized carbons (Fsp3) is 0.515. The lowest BCUT2D eigenvalue weighted by molar-refractivity contribution is -0.164. The Labute approximate surface area is 252 Å². The maximum Gasteiger partial charge on any atom is 0.340 e. The Kier molecular flexibility index (Phi) is 9.45. The van der Waals surface area contributed by atoms with Crippen LogP contribution in [0.5, 0.6) is 5.75 Å². The van der Waals surface area contributed by atoms with Crippen molar-refractivity contribution in [3.63, 3.8) is 0 Å². The third-order valence-corrected chi connectivity index (χ3v) is 9.46. The SMILES string of the molecule is CO[C@H]1/C=C/CCN(C)C(=O)C[C@](O)(C(=O)O)c2ccc3c(c2)N(CCCCc2cc(Cl)ccc2CO3)C[C@@H]2CC[C@H]21. The number of nitrogens with zero attached hydrogens (tertiary/aromatic N) is 2. The fourth-order valence-corrected chi connectivity index (χ4v) is 6.60. The van der Waals surface area contributed by atoms with E-state index in [2.05, 4.69) is 11.0 Å². The topological polar surface area (TPSA) is 99.5 Å². The molecule has 1 amide bonds. The van der Waals surface area contributed by atoms with Crippen molar-refractivity contribution in [2.75, 3.05) is 38.7 Å². The van der Waals surface area contributed by atoms with E-state index in [9.17, 15) is 19.8 Å². The molecule has 4 atom stereocenters. The number of rotatable bonds is 2. The number of halogens is 1. The molecule has 0 radical (unpaired) electrons. The van der Waals surface area contributed by atoms with Crippen molar-refractivity contribution in [1.29, 1.82) is 0 Å². The second kappa shape index (κ2) is 13.1. The lowest BCUT2D eigenvalue weighted by atomic mass is 9.70. The number of carbonyl (C=O) groups excluding carboxylic acids is 1. The third kappa shape index (κ3) is 6.46. The van der Waals surface area contributed by atoms with E-state index < -0.39 is 23.9 Å². The Bertz CT molecular complexity index is 1330. The summed E-state index contributed by atoms with van der Waals surface area (Å²) in [5.74, 6) is -0.554. The van der Waals surface area contributed by atoms with Crippen molar-refractivity contribution in [2.45, 2.75) is 63.3 Å². The molecule has 42 heavy (non-hydrogen) atoms. The molecule has 0 aromatic heterocycles. The first-order chi connectivity index (χ1) is 20.2. The minimum absolute atomic E-state index is 0.0139. The summed E-state index contributed by atoms with van der Waals surface area (Å²) in [6, 6.07) is 10.9. The van der Waals surface area contributed by atoms with Crippen molar-refractivity contribution in [1.82, 2.24) is 4.90 Å². The van der Waals surface area contributed by atoms with Gasteiger partial charge in [0.25, 0.3) is 0 Å². The summed E-state index contributed by atoms with van der Waals surface area (Å²) in [5.41, 5.74) is 0.734. The van der Waals surface area contributed by atoms with Gasteiger partial charge in [0.1, 0.15) is 12.4 Å². The van der Waals surface area contributed by atoms with E-state index in [4.69, 9.17) is 21.1 Å². The van der Waals surface area contributed by atoms with Crippen LogP contribution in [-0.4, -0.2) is 66.9 Å². The number of aliphatic hydroxyl groups is 1. The Morgan fingerprint density at radius 3 is 2.69 bits per heavy atom. The van der Waals surface area contributed by atoms with Crippen LogP contribution in [0.25, 0.3) is 0 Å². The van der Waals surface area contributed by atoms with Gasteiger partial charge in [-0.1, -0.05) is 35.9 Å². The van der Waals surface area contributed by atoms with Crippen LogP contribution in [0, 0.1) is 11.8 Å². The number of carboxylic acid groups (broad SMARTS) is 1. The highest BCUT2D eigenvalue weighted by Gasteiger charge is 2.42. The van der Waals surface area contributed by atoms with Gasteiger partial charge in [0.2, 0.25) is 5.91 Å². The molecule has 2 N–H and O–H groups in total. The number of ether oxygens (including phenoxy) is 2. The lowest BCUT2D eigenvalue weighted by Gasteiger charge is -2.43. The van der Waals surface area contributed by atoms with Gasteiger partial charge in [0.15, 0.2) is 5.60 Å². The molecule has 8 nitrogen and oxygen atoms in total. The molecular weight excluding hydrogens is 556 g/mol. The highest BCUT2D eigenvalue weighted by molar-refractivity contribution is 6.30. The summed E-state index contributed by atoms with van der Waals surface area (Å²) in [5, 5.41) is 22.4. The molecule has 226 valence electrons. The zero-order valence-electron chi connectivity index (χ0n) is 24.4. The smallest absolute Gasteiger partial charge is 0.340 e. The molecule has 2 heterocycles. The first-order valence-corrected chi connectivity index (χ1v) is 15.3. The van der Waals surface area contributed by atoms with E-state index in [1.807, 2.05) is 24.3 Å². The maximum atomic E-state index is 13.1. The zero-order valence-corrected chi connectivity index (χ0v) is 25.2. The van der Waals surface area contributed by atoms with Gasteiger partial charge in [-0.15, -0.1) is 0 Å². The number of hydrogen-bond donors (Lipinski definition) is 2. The molecular formula is C33H41ClN2O6. The van der Waals surface area contributed by atoms with E-state index in [1.54, 1.807) is 32.4 Å². The van der Waals surface area contributed by atoms with Gasteiger partial charge < -0.3 is 29.5 Å². The number of carbonyl (C=O) groups is 2. The number of carboxylic acids is 1. The van der Waals surface area contributed by atoms with E-state index in [0.717, 1.165) is 62.0 Å². The minimum atomic E-state index is -2.38. The van der Waals surface area contributed by atoms with Crippen LogP contribution in [0.2, 0.25) is 5.02 Å². The lowest BCUT2D eigenvalue weighted by Crippen LogP contribution is -2.44. The minimum Gasteiger partial charge on any atom is -0.487 e. The number of methoxy groups -OCH3 is 1. The number of anilines is 1. The van der Waals surface area contributed by atoms with Crippen LogP contribution in [0.15, 0.2) is 48.6 Å². The number of amides is 1. The predicted molar refractivity (Wildman–Crippen MR) is 162 cm³/mol. The number of aliphatic carboxylic acids is 1. The molecule has 2 aromatic carbocycles. The summed E-state index contributed by atoms with van der Waals surface area (Å²) in [6.45, 7) is 2.24.